The first kappa shape index (κ1) is 16.1. The average Bonchev–Trinajstić information content (AvgIpc) is 2.97. The smallest absolute Gasteiger partial charge is 0.244 e. The van der Waals surface area contributed by atoms with E-state index in [4.69, 9.17) is 0 Å². The fourth-order valence-corrected chi connectivity index (χ4v) is 4.16. The molecular formula is C12H19N5O2S2. The number of aryl methyl sites for hydroxylation is 2. The van der Waals surface area contributed by atoms with Crippen molar-refractivity contribution in [1.29, 1.82) is 0 Å². The van der Waals surface area contributed by atoms with Crippen molar-refractivity contribution in [2.24, 2.45) is 0 Å². The zero-order chi connectivity index (χ0) is 15.5. The van der Waals surface area contributed by atoms with E-state index in [0.717, 1.165) is 10.7 Å². The molecule has 0 radical (unpaired) electrons. The molecule has 0 unspecified atom stereocenters. The fourth-order valence-electron chi connectivity index (χ4n) is 2.00. The highest BCUT2D eigenvalue weighted by Crippen LogP contribution is 2.17. The Balaban J connectivity index is 2.06. The Kier molecular flexibility index (Phi) is 5.09. The largest absolute Gasteiger partial charge is 0.314 e. The minimum atomic E-state index is -3.57. The van der Waals surface area contributed by atoms with Gasteiger partial charge in [0.05, 0.1) is 16.4 Å². The summed E-state index contributed by atoms with van der Waals surface area (Å²) in [5.74, 6) is 0. The van der Waals surface area contributed by atoms with Gasteiger partial charge in [-0.3, -0.25) is 5.10 Å². The summed E-state index contributed by atoms with van der Waals surface area (Å²) >= 11 is 1.54. The third-order valence-corrected chi connectivity index (χ3v) is 5.56. The van der Waals surface area contributed by atoms with E-state index in [-0.39, 0.29) is 4.90 Å². The van der Waals surface area contributed by atoms with Crippen LogP contribution in [0.3, 0.4) is 0 Å². The Bertz CT molecular complexity index is 705. The standard InChI is InChI=1S/C12H19N5O2S2/c1-8-7-20-11(15-8)4-5-14-21(18,19)12-9(2)16-17-10(12)6-13-3/h7,13-14H,4-6H2,1-3H3,(H,16,17). The predicted molar refractivity (Wildman–Crippen MR) is 81.8 cm³/mol. The minimum absolute atomic E-state index is 0.229. The molecule has 2 aromatic rings. The molecule has 116 valence electrons. The van der Waals surface area contributed by atoms with Crippen LogP contribution in [0.1, 0.15) is 22.1 Å². The number of hydrogen-bond donors (Lipinski definition) is 3. The van der Waals surface area contributed by atoms with Crippen molar-refractivity contribution in [3.8, 4) is 0 Å². The molecule has 0 amide bonds. The Morgan fingerprint density at radius 3 is 2.76 bits per heavy atom. The van der Waals surface area contributed by atoms with Gasteiger partial charge in [-0.1, -0.05) is 0 Å². The van der Waals surface area contributed by atoms with E-state index in [1.165, 1.54) is 11.3 Å². The lowest BCUT2D eigenvalue weighted by molar-refractivity contribution is 0.579. The number of nitrogens with one attached hydrogen (secondary N) is 3. The summed E-state index contributed by atoms with van der Waals surface area (Å²) in [4.78, 5) is 4.54. The van der Waals surface area contributed by atoms with Crippen LogP contribution in [0.2, 0.25) is 0 Å². The third kappa shape index (κ3) is 3.88. The van der Waals surface area contributed by atoms with Crippen LogP contribution in [0.5, 0.6) is 0 Å². The van der Waals surface area contributed by atoms with Crippen molar-refractivity contribution in [1.82, 2.24) is 25.2 Å². The highest BCUT2D eigenvalue weighted by Gasteiger charge is 2.23. The molecule has 2 aromatic heterocycles. The Hall–Kier alpha value is -1.29. The molecule has 21 heavy (non-hydrogen) atoms. The minimum Gasteiger partial charge on any atom is -0.314 e. The quantitative estimate of drug-likeness (QED) is 0.695. The second kappa shape index (κ2) is 6.65. The lowest BCUT2D eigenvalue weighted by Gasteiger charge is -2.07. The maximum Gasteiger partial charge on any atom is 0.244 e. The van der Waals surface area contributed by atoms with E-state index < -0.39 is 10.0 Å². The van der Waals surface area contributed by atoms with Crippen molar-refractivity contribution < 1.29 is 8.42 Å². The van der Waals surface area contributed by atoms with Gasteiger partial charge in [0.2, 0.25) is 10.0 Å². The number of aromatic nitrogens is 3. The van der Waals surface area contributed by atoms with Gasteiger partial charge in [-0.2, -0.15) is 5.10 Å². The number of aromatic amines is 1. The van der Waals surface area contributed by atoms with Crippen molar-refractivity contribution in [3.63, 3.8) is 0 Å². The summed E-state index contributed by atoms with van der Waals surface area (Å²) in [5.41, 5.74) is 1.99. The van der Waals surface area contributed by atoms with Crippen molar-refractivity contribution in [2.75, 3.05) is 13.6 Å². The van der Waals surface area contributed by atoms with Crippen molar-refractivity contribution in [2.45, 2.75) is 31.7 Å². The molecule has 0 saturated carbocycles. The molecule has 0 atom stereocenters. The molecular weight excluding hydrogens is 310 g/mol. The molecule has 0 aliphatic rings. The highest BCUT2D eigenvalue weighted by molar-refractivity contribution is 7.89. The van der Waals surface area contributed by atoms with Gasteiger partial charge in [0.25, 0.3) is 0 Å². The van der Waals surface area contributed by atoms with Crippen LogP contribution in [0.25, 0.3) is 0 Å². The van der Waals surface area contributed by atoms with Gasteiger partial charge in [-0.15, -0.1) is 11.3 Å². The summed E-state index contributed by atoms with van der Waals surface area (Å²) in [6.07, 6.45) is 0.579. The molecule has 9 heteroatoms. The Morgan fingerprint density at radius 2 is 2.14 bits per heavy atom. The molecule has 2 heterocycles. The molecule has 0 saturated heterocycles. The van der Waals surface area contributed by atoms with Gasteiger partial charge in [-0.05, 0) is 20.9 Å². The number of hydrogen-bond acceptors (Lipinski definition) is 6. The summed E-state index contributed by atoms with van der Waals surface area (Å²) in [6.45, 7) is 4.33. The number of sulfonamides is 1. The molecule has 0 aliphatic heterocycles. The summed E-state index contributed by atoms with van der Waals surface area (Å²) in [7, 11) is -1.82. The van der Waals surface area contributed by atoms with E-state index in [2.05, 4.69) is 25.2 Å². The van der Waals surface area contributed by atoms with Crippen LogP contribution in [0.4, 0.5) is 0 Å². The van der Waals surface area contributed by atoms with E-state index in [1.807, 2.05) is 12.3 Å². The molecule has 0 aliphatic carbocycles. The maximum atomic E-state index is 12.4. The van der Waals surface area contributed by atoms with Crippen LogP contribution in [0, 0.1) is 13.8 Å². The first-order chi connectivity index (χ1) is 9.94. The normalized spacial score (nSPS) is 12.0. The number of H-pyrrole nitrogens is 1. The third-order valence-electron chi connectivity index (χ3n) is 2.87. The van der Waals surface area contributed by atoms with Crippen LogP contribution >= 0.6 is 11.3 Å². The number of rotatable bonds is 7. The first-order valence-corrected chi connectivity index (χ1v) is 8.89. The van der Waals surface area contributed by atoms with Gasteiger partial charge in [0.1, 0.15) is 4.90 Å². The van der Waals surface area contributed by atoms with Crippen LogP contribution < -0.4 is 10.0 Å². The molecule has 0 bridgehead atoms. The van der Waals surface area contributed by atoms with Crippen molar-refractivity contribution >= 4 is 21.4 Å². The zero-order valence-electron chi connectivity index (χ0n) is 12.2. The van der Waals surface area contributed by atoms with Crippen LogP contribution in [-0.4, -0.2) is 37.2 Å². The molecule has 2 rings (SSSR count). The van der Waals surface area contributed by atoms with Gasteiger partial charge in [0.15, 0.2) is 0 Å². The topological polar surface area (TPSA) is 99.8 Å². The van der Waals surface area contributed by atoms with Crippen LogP contribution in [-0.2, 0) is 23.0 Å². The molecule has 0 spiro atoms. The SMILES string of the molecule is CNCc1n[nH]c(C)c1S(=O)(=O)NCCc1nc(C)cs1. The predicted octanol–water partition coefficient (Wildman–Crippen LogP) is 0.723. The number of nitrogens with zero attached hydrogens (tertiary/aromatic N) is 2. The second-order valence-corrected chi connectivity index (χ2v) is 7.33. The van der Waals surface area contributed by atoms with Gasteiger partial charge in [0, 0.05) is 30.6 Å². The molecule has 7 nitrogen and oxygen atoms in total. The van der Waals surface area contributed by atoms with E-state index in [0.29, 0.717) is 30.9 Å². The monoisotopic (exact) mass is 329 g/mol. The van der Waals surface area contributed by atoms with Crippen LogP contribution in [0.15, 0.2) is 10.3 Å². The van der Waals surface area contributed by atoms with Gasteiger partial charge >= 0.3 is 0 Å². The molecule has 0 fully saturated rings. The Morgan fingerprint density at radius 1 is 1.38 bits per heavy atom. The molecule has 0 aromatic carbocycles. The van der Waals surface area contributed by atoms with E-state index in [1.54, 1.807) is 14.0 Å². The zero-order valence-corrected chi connectivity index (χ0v) is 13.9. The second-order valence-electron chi connectivity index (χ2n) is 4.69. The van der Waals surface area contributed by atoms with Gasteiger partial charge in [-0.25, -0.2) is 18.1 Å². The fraction of sp³-hybridized carbons (Fsp3) is 0.500. The average molecular weight is 329 g/mol. The van der Waals surface area contributed by atoms with Gasteiger partial charge < -0.3 is 5.32 Å². The maximum absolute atomic E-state index is 12.4. The molecule has 3 N–H and O–H groups in total. The lowest BCUT2D eigenvalue weighted by Crippen LogP contribution is -2.27. The first-order valence-electron chi connectivity index (χ1n) is 6.53. The summed E-state index contributed by atoms with van der Waals surface area (Å²) in [5, 5.41) is 12.5. The highest BCUT2D eigenvalue weighted by atomic mass is 32.2. The summed E-state index contributed by atoms with van der Waals surface area (Å²) < 4.78 is 27.4. The van der Waals surface area contributed by atoms with E-state index in [9.17, 15) is 8.42 Å². The van der Waals surface area contributed by atoms with E-state index >= 15 is 0 Å². The summed E-state index contributed by atoms with van der Waals surface area (Å²) in [6, 6.07) is 0. The number of thiazole rings is 1. The lowest BCUT2D eigenvalue weighted by atomic mass is 10.4. The van der Waals surface area contributed by atoms with Crippen molar-refractivity contribution in [3.05, 3.63) is 27.5 Å². The Labute approximate surface area is 128 Å².